The van der Waals surface area contributed by atoms with Crippen LogP contribution in [0.15, 0.2) is 18.2 Å². The summed E-state index contributed by atoms with van der Waals surface area (Å²) in [6.45, 7) is 4.90. The third kappa shape index (κ3) is 4.13. The molecule has 0 aliphatic heterocycles. The van der Waals surface area contributed by atoms with Crippen LogP contribution in [0.5, 0.6) is 5.75 Å². The van der Waals surface area contributed by atoms with Crippen LogP contribution < -0.4 is 15.8 Å². The van der Waals surface area contributed by atoms with Crippen molar-refractivity contribution in [3.8, 4) is 11.8 Å². The predicted octanol–water partition coefficient (Wildman–Crippen LogP) is 3.05. The summed E-state index contributed by atoms with van der Waals surface area (Å²) in [6.07, 6.45) is 2.77. The van der Waals surface area contributed by atoms with E-state index in [-0.39, 0.29) is 5.95 Å². The lowest BCUT2D eigenvalue weighted by molar-refractivity contribution is 0.410. The SMILES string of the molecule is CCCCNc1nc(N)nc(C)c1Cc1ccc(C#N)cc1OC. The van der Waals surface area contributed by atoms with Crippen molar-refractivity contribution in [3.05, 3.63) is 40.6 Å². The number of nitriles is 1. The van der Waals surface area contributed by atoms with Crippen molar-refractivity contribution < 1.29 is 4.74 Å². The standard InChI is InChI=1S/C18H23N5O/c1-4-5-8-21-17-15(12(2)22-18(20)23-17)10-14-7-6-13(11-19)9-16(14)24-3/h6-7,9H,4-5,8,10H2,1-3H3,(H3,20,21,22,23). The number of unbranched alkanes of at least 4 members (excludes halogenated alkanes) is 1. The number of anilines is 2. The fraction of sp³-hybridized carbons (Fsp3) is 0.389. The van der Waals surface area contributed by atoms with Gasteiger partial charge in [-0.25, -0.2) is 4.98 Å². The van der Waals surface area contributed by atoms with E-state index in [1.165, 1.54) is 0 Å². The van der Waals surface area contributed by atoms with Crippen LogP contribution in [-0.4, -0.2) is 23.6 Å². The molecule has 0 unspecified atom stereocenters. The smallest absolute Gasteiger partial charge is 0.222 e. The minimum Gasteiger partial charge on any atom is -0.496 e. The summed E-state index contributed by atoms with van der Waals surface area (Å²) >= 11 is 0. The third-order valence-electron chi connectivity index (χ3n) is 3.84. The molecule has 0 amide bonds. The van der Waals surface area contributed by atoms with E-state index in [9.17, 15) is 0 Å². The zero-order valence-corrected chi connectivity index (χ0v) is 14.4. The molecule has 0 aliphatic carbocycles. The van der Waals surface area contributed by atoms with Crippen LogP contribution in [0.1, 0.15) is 42.1 Å². The van der Waals surface area contributed by atoms with Gasteiger partial charge in [0.1, 0.15) is 11.6 Å². The summed E-state index contributed by atoms with van der Waals surface area (Å²) in [6, 6.07) is 7.56. The highest BCUT2D eigenvalue weighted by atomic mass is 16.5. The molecule has 1 heterocycles. The number of methoxy groups -OCH3 is 1. The fourth-order valence-corrected chi connectivity index (χ4v) is 2.51. The molecule has 6 nitrogen and oxygen atoms in total. The molecular formula is C18H23N5O. The van der Waals surface area contributed by atoms with Crippen molar-refractivity contribution in [3.63, 3.8) is 0 Å². The highest BCUT2D eigenvalue weighted by Gasteiger charge is 2.14. The maximum atomic E-state index is 9.03. The first kappa shape index (κ1) is 17.5. The van der Waals surface area contributed by atoms with E-state index in [1.54, 1.807) is 19.2 Å². The molecule has 1 aromatic heterocycles. The number of ether oxygens (including phenoxy) is 1. The summed E-state index contributed by atoms with van der Waals surface area (Å²) < 4.78 is 5.43. The Balaban J connectivity index is 2.36. The molecule has 2 aromatic rings. The van der Waals surface area contributed by atoms with Crippen LogP contribution in [-0.2, 0) is 6.42 Å². The van der Waals surface area contributed by atoms with Gasteiger partial charge in [0.05, 0.1) is 18.7 Å². The molecular weight excluding hydrogens is 302 g/mol. The number of nitrogen functional groups attached to an aromatic ring is 1. The second-order valence-corrected chi connectivity index (χ2v) is 5.59. The third-order valence-corrected chi connectivity index (χ3v) is 3.84. The molecule has 6 heteroatoms. The van der Waals surface area contributed by atoms with E-state index >= 15 is 0 Å². The Bertz CT molecular complexity index is 752. The monoisotopic (exact) mass is 325 g/mol. The summed E-state index contributed by atoms with van der Waals surface area (Å²) in [4.78, 5) is 8.63. The summed E-state index contributed by atoms with van der Waals surface area (Å²) in [7, 11) is 1.60. The van der Waals surface area contributed by atoms with E-state index in [1.807, 2.05) is 13.0 Å². The van der Waals surface area contributed by atoms with E-state index in [2.05, 4.69) is 28.3 Å². The number of hydrogen-bond acceptors (Lipinski definition) is 6. The van der Waals surface area contributed by atoms with E-state index < -0.39 is 0 Å². The average Bonchev–Trinajstić information content (AvgIpc) is 2.58. The molecule has 0 atom stereocenters. The molecule has 1 aromatic carbocycles. The lowest BCUT2D eigenvalue weighted by Gasteiger charge is -2.15. The van der Waals surface area contributed by atoms with E-state index in [0.717, 1.165) is 42.0 Å². The molecule has 0 radical (unpaired) electrons. The highest BCUT2D eigenvalue weighted by molar-refractivity contribution is 5.53. The molecule has 0 bridgehead atoms. The number of aromatic nitrogens is 2. The molecule has 3 N–H and O–H groups in total. The van der Waals surface area contributed by atoms with Gasteiger partial charge >= 0.3 is 0 Å². The summed E-state index contributed by atoms with van der Waals surface area (Å²) in [5.41, 5.74) is 9.18. The van der Waals surface area contributed by atoms with Crippen molar-refractivity contribution in [2.75, 3.05) is 24.7 Å². The zero-order valence-electron chi connectivity index (χ0n) is 14.4. The van der Waals surface area contributed by atoms with Gasteiger partial charge in [-0.1, -0.05) is 19.4 Å². The Morgan fingerprint density at radius 1 is 1.33 bits per heavy atom. The summed E-state index contributed by atoms with van der Waals surface area (Å²) in [5, 5.41) is 12.4. The quantitative estimate of drug-likeness (QED) is 0.759. The Morgan fingerprint density at radius 3 is 2.79 bits per heavy atom. The number of hydrogen-bond donors (Lipinski definition) is 2. The molecule has 126 valence electrons. The van der Waals surface area contributed by atoms with Gasteiger partial charge in [-0.3, -0.25) is 0 Å². The van der Waals surface area contributed by atoms with Gasteiger partial charge in [0.25, 0.3) is 0 Å². The van der Waals surface area contributed by atoms with Crippen molar-refractivity contribution in [1.82, 2.24) is 9.97 Å². The first-order chi connectivity index (χ1) is 11.6. The fourth-order valence-electron chi connectivity index (χ4n) is 2.51. The highest BCUT2D eigenvalue weighted by Crippen LogP contribution is 2.27. The van der Waals surface area contributed by atoms with Crippen LogP contribution in [0.25, 0.3) is 0 Å². The van der Waals surface area contributed by atoms with Crippen LogP contribution in [0.2, 0.25) is 0 Å². The van der Waals surface area contributed by atoms with Gasteiger partial charge in [0, 0.05) is 24.2 Å². The minimum absolute atomic E-state index is 0.266. The van der Waals surface area contributed by atoms with Crippen molar-refractivity contribution in [1.29, 1.82) is 5.26 Å². The van der Waals surface area contributed by atoms with E-state index in [0.29, 0.717) is 17.7 Å². The molecule has 0 fully saturated rings. The predicted molar refractivity (Wildman–Crippen MR) is 95.1 cm³/mol. The van der Waals surface area contributed by atoms with E-state index in [4.69, 9.17) is 15.7 Å². The van der Waals surface area contributed by atoms with Crippen LogP contribution in [0, 0.1) is 18.3 Å². The Labute approximate surface area is 142 Å². The Hall–Kier alpha value is -2.81. The number of aryl methyl sites for hydroxylation is 1. The van der Waals surface area contributed by atoms with Gasteiger partial charge in [-0.2, -0.15) is 10.2 Å². The van der Waals surface area contributed by atoms with Crippen molar-refractivity contribution >= 4 is 11.8 Å². The molecule has 0 spiro atoms. The second kappa shape index (κ2) is 8.16. The first-order valence-electron chi connectivity index (χ1n) is 8.02. The van der Waals surface area contributed by atoms with Crippen LogP contribution in [0.4, 0.5) is 11.8 Å². The van der Waals surface area contributed by atoms with Gasteiger partial charge < -0.3 is 15.8 Å². The lowest BCUT2D eigenvalue weighted by atomic mass is 10.0. The molecule has 0 aliphatic rings. The van der Waals surface area contributed by atoms with Gasteiger partial charge in [-0.05, 0) is 31.0 Å². The van der Waals surface area contributed by atoms with Gasteiger partial charge in [0.2, 0.25) is 5.95 Å². The number of rotatable bonds is 7. The largest absolute Gasteiger partial charge is 0.496 e. The minimum atomic E-state index is 0.266. The van der Waals surface area contributed by atoms with Gasteiger partial charge in [-0.15, -0.1) is 0 Å². The van der Waals surface area contributed by atoms with Crippen LogP contribution in [0.3, 0.4) is 0 Å². The second-order valence-electron chi connectivity index (χ2n) is 5.59. The lowest BCUT2D eigenvalue weighted by Crippen LogP contribution is -2.11. The number of nitrogens with one attached hydrogen (secondary N) is 1. The Kier molecular flexibility index (Phi) is 5.96. The maximum absolute atomic E-state index is 9.03. The molecule has 2 rings (SSSR count). The topological polar surface area (TPSA) is 96.9 Å². The number of benzene rings is 1. The number of nitrogens with two attached hydrogens (primary N) is 1. The van der Waals surface area contributed by atoms with Crippen molar-refractivity contribution in [2.45, 2.75) is 33.1 Å². The number of nitrogens with zero attached hydrogens (tertiary/aromatic N) is 3. The zero-order chi connectivity index (χ0) is 17.5. The van der Waals surface area contributed by atoms with Gasteiger partial charge in [0.15, 0.2) is 0 Å². The maximum Gasteiger partial charge on any atom is 0.222 e. The molecule has 24 heavy (non-hydrogen) atoms. The summed E-state index contributed by atoms with van der Waals surface area (Å²) in [5.74, 6) is 1.71. The normalized spacial score (nSPS) is 10.2. The first-order valence-corrected chi connectivity index (χ1v) is 8.02. The molecule has 0 saturated carbocycles. The van der Waals surface area contributed by atoms with Crippen LogP contribution >= 0.6 is 0 Å². The van der Waals surface area contributed by atoms with Crippen molar-refractivity contribution in [2.24, 2.45) is 0 Å². The average molecular weight is 325 g/mol. The Morgan fingerprint density at radius 2 is 2.12 bits per heavy atom. The molecule has 0 saturated heterocycles.